The van der Waals surface area contributed by atoms with Gasteiger partial charge in [0.25, 0.3) is 5.91 Å². The normalized spacial score (nSPS) is 10.7. The van der Waals surface area contributed by atoms with Crippen LogP contribution in [0.4, 0.5) is 10.1 Å². The molecule has 0 fully saturated rings. The quantitative estimate of drug-likeness (QED) is 0.590. The second-order valence-corrected chi connectivity index (χ2v) is 6.53. The van der Waals surface area contributed by atoms with Gasteiger partial charge in [0.1, 0.15) is 5.82 Å². The molecule has 3 aromatic rings. The van der Waals surface area contributed by atoms with Gasteiger partial charge >= 0.3 is 0 Å². The van der Waals surface area contributed by atoms with E-state index < -0.39 is 5.82 Å². The summed E-state index contributed by atoms with van der Waals surface area (Å²) in [6, 6.07) is 14.7. The molecular formula is C22H17ClFN3O2. The Labute approximate surface area is 172 Å². The molecule has 1 heterocycles. The van der Waals surface area contributed by atoms with Crippen molar-refractivity contribution in [1.82, 2.24) is 10.3 Å². The van der Waals surface area contributed by atoms with Gasteiger partial charge in [0, 0.05) is 30.7 Å². The highest BCUT2D eigenvalue weighted by Crippen LogP contribution is 2.17. The number of halogens is 2. The van der Waals surface area contributed by atoms with E-state index in [2.05, 4.69) is 15.6 Å². The van der Waals surface area contributed by atoms with E-state index in [-0.39, 0.29) is 23.4 Å². The van der Waals surface area contributed by atoms with Crippen molar-refractivity contribution in [3.05, 3.63) is 101 Å². The fourth-order valence-corrected chi connectivity index (χ4v) is 2.68. The van der Waals surface area contributed by atoms with Gasteiger partial charge in [0.05, 0.1) is 10.6 Å². The zero-order valence-electron chi connectivity index (χ0n) is 15.2. The highest BCUT2D eigenvalue weighted by Gasteiger charge is 2.06. The number of pyridine rings is 1. The molecule has 7 heteroatoms. The third-order valence-corrected chi connectivity index (χ3v) is 4.24. The lowest BCUT2D eigenvalue weighted by molar-refractivity contribution is -0.116. The molecule has 2 amide bonds. The number of carbonyl (C=O) groups is 2. The van der Waals surface area contributed by atoms with Crippen molar-refractivity contribution < 1.29 is 14.0 Å². The second-order valence-electron chi connectivity index (χ2n) is 6.12. The maximum Gasteiger partial charge on any atom is 0.257 e. The Hall–Kier alpha value is -3.51. The molecule has 0 saturated carbocycles. The van der Waals surface area contributed by atoms with Crippen LogP contribution in [0.15, 0.2) is 73.1 Å². The number of hydrogen-bond donors (Lipinski definition) is 2. The van der Waals surface area contributed by atoms with Crippen LogP contribution in [0.3, 0.4) is 0 Å². The van der Waals surface area contributed by atoms with E-state index in [1.165, 1.54) is 30.5 Å². The first-order valence-electron chi connectivity index (χ1n) is 8.72. The van der Waals surface area contributed by atoms with Crippen molar-refractivity contribution in [2.45, 2.75) is 6.54 Å². The average molecular weight is 410 g/mol. The van der Waals surface area contributed by atoms with Gasteiger partial charge in [-0.25, -0.2) is 4.39 Å². The third kappa shape index (κ3) is 5.99. The number of amides is 2. The van der Waals surface area contributed by atoms with Gasteiger partial charge in [-0.1, -0.05) is 29.8 Å². The van der Waals surface area contributed by atoms with Crippen LogP contribution in [-0.2, 0) is 11.3 Å². The molecule has 146 valence electrons. The Morgan fingerprint density at radius 2 is 1.97 bits per heavy atom. The first-order valence-corrected chi connectivity index (χ1v) is 9.10. The SMILES string of the molecule is O=C(/C=C/c1ccc(F)c(Cl)c1)NCc1cccc(NC(=O)c2cccnc2)c1. The molecule has 29 heavy (non-hydrogen) atoms. The highest BCUT2D eigenvalue weighted by atomic mass is 35.5. The molecule has 5 nitrogen and oxygen atoms in total. The Bertz CT molecular complexity index is 1050. The molecular weight excluding hydrogens is 393 g/mol. The van der Waals surface area contributed by atoms with Crippen LogP contribution in [0.25, 0.3) is 6.08 Å². The predicted octanol–water partition coefficient (Wildman–Crippen LogP) is 4.46. The lowest BCUT2D eigenvalue weighted by Gasteiger charge is -2.08. The maximum absolute atomic E-state index is 13.1. The fraction of sp³-hybridized carbons (Fsp3) is 0.0455. The zero-order chi connectivity index (χ0) is 20.6. The summed E-state index contributed by atoms with van der Waals surface area (Å²) >= 11 is 5.72. The molecule has 0 spiro atoms. The monoisotopic (exact) mass is 409 g/mol. The second kappa shape index (κ2) is 9.61. The largest absolute Gasteiger partial charge is 0.348 e. The van der Waals surface area contributed by atoms with Crippen molar-refractivity contribution in [3.8, 4) is 0 Å². The maximum atomic E-state index is 13.1. The van der Waals surface area contributed by atoms with E-state index in [1.54, 1.807) is 42.6 Å². The summed E-state index contributed by atoms with van der Waals surface area (Å²) < 4.78 is 13.1. The van der Waals surface area contributed by atoms with Crippen LogP contribution >= 0.6 is 11.6 Å². The summed E-state index contributed by atoms with van der Waals surface area (Å²) in [5, 5.41) is 5.54. The van der Waals surface area contributed by atoms with E-state index in [0.717, 1.165) is 5.56 Å². The summed E-state index contributed by atoms with van der Waals surface area (Å²) in [5.41, 5.74) is 2.51. The lowest BCUT2D eigenvalue weighted by atomic mass is 10.2. The van der Waals surface area contributed by atoms with E-state index in [4.69, 9.17) is 11.6 Å². The minimum absolute atomic E-state index is 0.00213. The summed E-state index contributed by atoms with van der Waals surface area (Å²) in [5.74, 6) is -1.08. The molecule has 0 aliphatic heterocycles. The molecule has 1 aromatic heterocycles. The molecule has 0 atom stereocenters. The smallest absolute Gasteiger partial charge is 0.257 e. The van der Waals surface area contributed by atoms with Crippen LogP contribution < -0.4 is 10.6 Å². The van der Waals surface area contributed by atoms with E-state index >= 15 is 0 Å². The van der Waals surface area contributed by atoms with E-state index in [0.29, 0.717) is 16.8 Å². The van der Waals surface area contributed by atoms with Crippen LogP contribution in [-0.4, -0.2) is 16.8 Å². The van der Waals surface area contributed by atoms with Crippen LogP contribution in [0.5, 0.6) is 0 Å². The molecule has 3 rings (SSSR count). The first-order chi connectivity index (χ1) is 14.0. The topological polar surface area (TPSA) is 71.1 Å². The molecule has 0 radical (unpaired) electrons. The minimum Gasteiger partial charge on any atom is -0.348 e. The number of rotatable bonds is 6. The van der Waals surface area contributed by atoms with Crippen LogP contribution in [0.1, 0.15) is 21.5 Å². The molecule has 2 aromatic carbocycles. The molecule has 2 N–H and O–H groups in total. The Kier molecular flexibility index (Phi) is 6.71. The first kappa shape index (κ1) is 20.2. The average Bonchev–Trinajstić information content (AvgIpc) is 2.74. The number of anilines is 1. The van der Waals surface area contributed by atoms with Gasteiger partial charge in [-0.2, -0.15) is 0 Å². The van der Waals surface area contributed by atoms with Gasteiger partial charge < -0.3 is 10.6 Å². The molecule has 0 aliphatic rings. The van der Waals surface area contributed by atoms with E-state index in [1.807, 2.05) is 6.07 Å². The number of benzene rings is 2. The Morgan fingerprint density at radius 1 is 1.10 bits per heavy atom. The van der Waals surface area contributed by atoms with Crippen LogP contribution in [0, 0.1) is 5.82 Å². The van der Waals surface area contributed by atoms with Crippen molar-refractivity contribution >= 4 is 35.2 Å². The summed E-state index contributed by atoms with van der Waals surface area (Å²) in [6.45, 7) is 0.282. The number of hydrogen-bond acceptors (Lipinski definition) is 3. The molecule has 0 unspecified atom stereocenters. The standard InChI is InChI=1S/C22H17ClFN3O2/c23-19-12-15(6-8-20(19)24)7-9-21(28)26-13-16-3-1-5-18(11-16)27-22(29)17-4-2-10-25-14-17/h1-12,14H,13H2,(H,26,28)(H,27,29)/b9-7+. The van der Waals surface area contributed by atoms with Crippen molar-refractivity contribution in [2.24, 2.45) is 0 Å². The number of nitrogens with one attached hydrogen (secondary N) is 2. The van der Waals surface area contributed by atoms with Crippen molar-refractivity contribution in [3.63, 3.8) is 0 Å². The summed E-state index contributed by atoms with van der Waals surface area (Å²) in [4.78, 5) is 28.1. The number of aromatic nitrogens is 1. The van der Waals surface area contributed by atoms with Gasteiger partial charge in [0.15, 0.2) is 0 Å². The Balaban J connectivity index is 1.56. The van der Waals surface area contributed by atoms with Crippen LogP contribution in [0.2, 0.25) is 5.02 Å². The zero-order valence-corrected chi connectivity index (χ0v) is 16.0. The van der Waals surface area contributed by atoms with Crippen molar-refractivity contribution in [2.75, 3.05) is 5.32 Å². The van der Waals surface area contributed by atoms with Gasteiger partial charge in [0.2, 0.25) is 5.91 Å². The van der Waals surface area contributed by atoms with Crippen molar-refractivity contribution in [1.29, 1.82) is 0 Å². The Morgan fingerprint density at radius 3 is 2.72 bits per heavy atom. The number of nitrogens with zero attached hydrogens (tertiary/aromatic N) is 1. The fourth-order valence-electron chi connectivity index (χ4n) is 2.50. The van der Waals surface area contributed by atoms with Gasteiger partial charge in [-0.15, -0.1) is 0 Å². The third-order valence-electron chi connectivity index (χ3n) is 3.95. The summed E-state index contributed by atoms with van der Waals surface area (Å²) in [6.07, 6.45) is 5.97. The van der Waals surface area contributed by atoms with E-state index in [9.17, 15) is 14.0 Å². The summed E-state index contributed by atoms with van der Waals surface area (Å²) in [7, 11) is 0. The molecule has 0 bridgehead atoms. The predicted molar refractivity (Wildman–Crippen MR) is 111 cm³/mol. The number of carbonyl (C=O) groups excluding carboxylic acids is 2. The highest BCUT2D eigenvalue weighted by molar-refractivity contribution is 6.30. The molecule has 0 aliphatic carbocycles. The molecule has 0 saturated heterocycles. The minimum atomic E-state index is -0.510. The van der Waals surface area contributed by atoms with Gasteiger partial charge in [-0.05, 0) is 53.6 Å². The van der Waals surface area contributed by atoms with Gasteiger partial charge in [-0.3, -0.25) is 14.6 Å². The lowest BCUT2D eigenvalue weighted by Crippen LogP contribution is -2.20.